The molecule has 1 saturated heterocycles. The van der Waals surface area contributed by atoms with E-state index in [2.05, 4.69) is 5.32 Å². The Balaban J connectivity index is 1.55. The first-order chi connectivity index (χ1) is 17.0. The van der Waals surface area contributed by atoms with Crippen molar-refractivity contribution in [3.8, 4) is 11.5 Å². The fraction of sp³-hybridized carbons (Fsp3) is 0.357. The molecule has 0 spiro atoms. The van der Waals surface area contributed by atoms with E-state index in [4.69, 9.17) is 14.2 Å². The van der Waals surface area contributed by atoms with Crippen molar-refractivity contribution in [2.24, 2.45) is 0 Å². The van der Waals surface area contributed by atoms with Gasteiger partial charge >= 0.3 is 5.97 Å². The molecule has 35 heavy (non-hydrogen) atoms. The summed E-state index contributed by atoms with van der Waals surface area (Å²) in [7, 11) is 1.63. The summed E-state index contributed by atoms with van der Waals surface area (Å²) in [4.78, 5) is 27.1. The zero-order valence-electron chi connectivity index (χ0n) is 19.9. The minimum absolute atomic E-state index is 0.0370. The molecule has 1 aliphatic carbocycles. The van der Waals surface area contributed by atoms with E-state index < -0.39 is 11.9 Å². The number of allylic oxidation sites excluding steroid dienone is 3. The lowest BCUT2D eigenvalue weighted by molar-refractivity contribution is -0.144. The molecule has 3 atom stereocenters. The number of esters is 1. The number of phenols is 1. The van der Waals surface area contributed by atoms with Gasteiger partial charge in [-0.05, 0) is 42.7 Å². The van der Waals surface area contributed by atoms with Gasteiger partial charge in [-0.15, -0.1) is 0 Å². The molecule has 2 aromatic carbocycles. The lowest BCUT2D eigenvalue weighted by Gasteiger charge is -2.37. The quantitative estimate of drug-likeness (QED) is 0.629. The van der Waals surface area contributed by atoms with Gasteiger partial charge in [0.2, 0.25) is 0 Å². The fourth-order valence-corrected chi connectivity index (χ4v) is 5.39. The van der Waals surface area contributed by atoms with Crippen molar-refractivity contribution in [3.63, 3.8) is 0 Å². The second-order valence-corrected chi connectivity index (χ2v) is 9.25. The summed E-state index contributed by atoms with van der Waals surface area (Å²) in [6.07, 6.45) is 1.25. The summed E-state index contributed by atoms with van der Waals surface area (Å²) < 4.78 is 16.7. The number of methoxy groups -OCH3 is 1. The van der Waals surface area contributed by atoms with E-state index in [-0.39, 0.29) is 23.6 Å². The van der Waals surface area contributed by atoms with Gasteiger partial charge in [0, 0.05) is 41.6 Å². The van der Waals surface area contributed by atoms with Crippen LogP contribution in [-0.2, 0) is 19.1 Å². The minimum Gasteiger partial charge on any atom is -0.508 e. The van der Waals surface area contributed by atoms with Gasteiger partial charge < -0.3 is 24.6 Å². The molecule has 3 aliphatic rings. The van der Waals surface area contributed by atoms with Gasteiger partial charge in [0.15, 0.2) is 5.78 Å². The van der Waals surface area contributed by atoms with Crippen LogP contribution in [0.5, 0.6) is 11.5 Å². The lowest BCUT2D eigenvalue weighted by Crippen LogP contribution is -2.36. The smallest absolute Gasteiger partial charge is 0.337 e. The molecule has 0 bridgehead atoms. The first kappa shape index (κ1) is 23.2. The van der Waals surface area contributed by atoms with Gasteiger partial charge in [0.1, 0.15) is 17.6 Å². The number of phenolic OH excluding ortho intramolecular Hbond substituents is 1. The molecule has 0 saturated carbocycles. The van der Waals surface area contributed by atoms with Gasteiger partial charge in [-0.2, -0.15) is 0 Å². The van der Waals surface area contributed by atoms with Crippen molar-refractivity contribution < 1.29 is 28.9 Å². The van der Waals surface area contributed by atoms with E-state index in [0.29, 0.717) is 54.9 Å². The Morgan fingerprint density at radius 2 is 1.97 bits per heavy atom. The molecular formula is C28H29NO6. The molecule has 7 nitrogen and oxygen atoms in total. The van der Waals surface area contributed by atoms with Crippen LogP contribution in [0.4, 0.5) is 0 Å². The monoisotopic (exact) mass is 475 g/mol. The Morgan fingerprint density at radius 3 is 2.71 bits per heavy atom. The van der Waals surface area contributed by atoms with E-state index in [1.54, 1.807) is 25.3 Å². The number of dihydropyridines is 1. The van der Waals surface area contributed by atoms with Crippen LogP contribution < -0.4 is 10.1 Å². The van der Waals surface area contributed by atoms with Crippen LogP contribution in [-0.4, -0.2) is 43.3 Å². The Hall–Kier alpha value is -3.58. The van der Waals surface area contributed by atoms with Gasteiger partial charge in [-0.1, -0.05) is 30.3 Å². The summed E-state index contributed by atoms with van der Waals surface area (Å²) in [5.41, 5.74) is 4.06. The number of hydrogen-bond donors (Lipinski definition) is 2. The van der Waals surface area contributed by atoms with Crippen LogP contribution in [0.25, 0.3) is 0 Å². The van der Waals surface area contributed by atoms with E-state index in [0.717, 1.165) is 17.0 Å². The average molecular weight is 476 g/mol. The number of nitrogens with one attached hydrogen (secondary N) is 1. The minimum atomic E-state index is -0.626. The van der Waals surface area contributed by atoms with Crippen molar-refractivity contribution in [2.45, 2.75) is 44.1 Å². The third-order valence-electron chi connectivity index (χ3n) is 6.99. The highest BCUT2D eigenvalue weighted by molar-refractivity contribution is 6.04. The number of ether oxygens (including phenoxy) is 3. The fourth-order valence-electron chi connectivity index (χ4n) is 5.39. The molecule has 0 radical (unpaired) electrons. The molecular weight excluding hydrogens is 446 g/mol. The maximum atomic E-state index is 13.7. The number of rotatable bonds is 5. The molecule has 2 aliphatic heterocycles. The number of carbonyl (C=O) groups excluding carboxylic acids is 2. The number of ketones is 1. The third kappa shape index (κ3) is 4.44. The Labute approximate surface area is 204 Å². The Morgan fingerprint density at radius 1 is 1.14 bits per heavy atom. The zero-order chi connectivity index (χ0) is 24.5. The number of Topliss-reactive ketones (excluding diaryl/α,β-unsaturated/α-hetero) is 1. The van der Waals surface area contributed by atoms with Crippen molar-refractivity contribution in [2.75, 3.05) is 20.3 Å². The van der Waals surface area contributed by atoms with Crippen molar-refractivity contribution in [3.05, 3.63) is 82.2 Å². The predicted octanol–water partition coefficient (Wildman–Crippen LogP) is 4.09. The summed E-state index contributed by atoms with van der Waals surface area (Å²) in [6, 6.07) is 14.5. The van der Waals surface area contributed by atoms with Crippen LogP contribution >= 0.6 is 0 Å². The average Bonchev–Trinajstić information content (AvgIpc) is 3.36. The molecule has 5 rings (SSSR count). The van der Waals surface area contributed by atoms with Crippen LogP contribution in [0.3, 0.4) is 0 Å². The number of benzene rings is 2. The molecule has 182 valence electrons. The van der Waals surface area contributed by atoms with E-state index in [9.17, 15) is 14.7 Å². The van der Waals surface area contributed by atoms with Crippen LogP contribution in [0.2, 0.25) is 0 Å². The van der Waals surface area contributed by atoms with E-state index in [1.165, 1.54) is 0 Å². The molecule has 0 amide bonds. The summed E-state index contributed by atoms with van der Waals surface area (Å²) in [5.74, 6) is -0.348. The first-order valence-electron chi connectivity index (χ1n) is 11.9. The van der Waals surface area contributed by atoms with Gasteiger partial charge in [-0.3, -0.25) is 4.79 Å². The standard InChI is InChI=1S/C28H29NO6/c1-16-25(28(32)35-20-10-11-34-15-20)26(17-6-5-7-19(30)12-17)27-22(29-16)13-18(14-23(27)31)21-8-3-4-9-24(21)33-2/h3-9,12,18,20,26,29-30H,10-11,13-15H2,1-2H3/t18-,20+,26-/m1/s1. The van der Waals surface area contributed by atoms with E-state index in [1.807, 2.05) is 37.3 Å². The first-order valence-corrected chi connectivity index (χ1v) is 11.9. The van der Waals surface area contributed by atoms with Gasteiger partial charge in [-0.25, -0.2) is 4.79 Å². The maximum Gasteiger partial charge on any atom is 0.337 e. The largest absolute Gasteiger partial charge is 0.508 e. The maximum absolute atomic E-state index is 13.7. The molecule has 1 fully saturated rings. The second kappa shape index (κ2) is 9.58. The second-order valence-electron chi connectivity index (χ2n) is 9.25. The predicted molar refractivity (Wildman–Crippen MR) is 129 cm³/mol. The lowest BCUT2D eigenvalue weighted by atomic mass is 9.71. The molecule has 2 N–H and O–H groups in total. The molecule has 0 unspecified atom stereocenters. The number of aromatic hydroxyl groups is 1. The van der Waals surface area contributed by atoms with E-state index >= 15 is 0 Å². The van der Waals surface area contributed by atoms with Crippen molar-refractivity contribution in [1.82, 2.24) is 5.32 Å². The molecule has 2 aromatic rings. The van der Waals surface area contributed by atoms with Crippen molar-refractivity contribution >= 4 is 11.8 Å². The molecule has 2 heterocycles. The summed E-state index contributed by atoms with van der Waals surface area (Å²) in [6.45, 7) is 2.76. The van der Waals surface area contributed by atoms with Crippen LogP contribution in [0.15, 0.2) is 71.1 Å². The zero-order valence-corrected chi connectivity index (χ0v) is 19.9. The Kier molecular flexibility index (Phi) is 6.34. The Bertz CT molecular complexity index is 1220. The number of para-hydroxylation sites is 1. The van der Waals surface area contributed by atoms with Crippen LogP contribution in [0, 0.1) is 0 Å². The molecule has 7 heteroatoms. The topological polar surface area (TPSA) is 94.1 Å². The van der Waals surface area contributed by atoms with Crippen LogP contribution in [0.1, 0.15) is 49.1 Å². The van der Waals surface area contributed by atoms with Crippen molar-refractivity contribution in [1.29, 1.82) is 0 Å². The highest BCUT2D eigenvalue weighted by Crippen LogP contribution is 2.47. The summed E-state index contributed by atoms with van der Waals surface area (Å²) in [5, 5.41) is 13.6. The normalized spacial score (nSPS) is 24.2. The third-order valence-corrected chi connectivity index (χ3v) is 6.99. The number of hydrogen-bond acceptors (Lipinski definition) is 7. The molecule has 0 aromatic heterocycles. The summed E-state index contributed by atoms with van der Waals surface area (Å²) >= 11 is 0. The van der Waals surface area contributed by atoms with Gasteiger partial charge in [0.05, 0.1) is 25.9 Å². The highest BCUT2D eigenvalue weighted by atomic mass is 16.6. The number of carbonyl (C=O) groups is 2. The van der Waals surface area contributed by atoms with Gasteiger partial charge in [0.25, 0.3) is 0 Å². The SMILES string of the molecule is COc1ccccc1[C@H]1CC(=O)C2=C(C1)NC(C)=C(C(=O)O[C@H]1CCOC1)[C@H]2c1cccc(O)c1. The highest BCUT2D eigenvalue weighted by Gasteiger charge is 2.42.